The lowest BCUT2D eigenvalue weighted by Crippen LogP contribution is -2.00. The summed E-state index contributed by atoms with van der Waals surface area (Å²) in [4.78, 5) is 0. The molecular weight excluding hydrogens is 231 g/mol. The number of benzene rings is 2. The van der Waals surface area contributed by atoms with E-state index in [2.05, 4.69) is 0 Å². The minimum Gasteiger partial charge on any atom is -0.507 e. The topological polar surface area (TPSA) is 40.5 Å². The van der Waals surface area contributed by atoms with Gasteiger partial charge in [0.15, 0.2) is 0 Å². The molecule has 2 N–H and O–H groups in total. The van der Waals surface area contributed by atoms with Crippen LogP contribution in [0.5, 0.6) is 11.5 Å². The normalized spacial score (nSPS) is 24.7. The Kier molecular flexibility index (Phi) is 1.79. The van der Waals surface area contributed by atoms with Gasteiger partial charge in [0.1, 0.15) is 17.3 Å². The summed E-state index contributed by atoms with van der Waals surface area (Å²) in [5.41, 5.74) is 1.66. The molecule has 2 aliphatic rings. The van der Waals surface area contributed by atoms with E-state index in [0.29, 0.717) is 17.2 Å². The third-order valence-electron chi connectivity index (χ3n) is 4.56. The van der Waals surface area contributed by atoms with Gasteiger partial charge in [-0.15, -0.1) is 0 Å². The highest BCUT2D eigenvalue weighted by atomic mass is 19.1. The van der Waals surface area contributed by atoms with Crippen molar-refractivity contribution in [2.45, 2.75) is 31.1 Å². The molecule has 0 radical (unpaired) electrons. The predicted molar refractivity (Wildman–Crippen MR) is 66.6 cm³/mol. The van der Waals surface area contributed by atoms with Crippen molar-refractivity contribution in [3.05, 3.63) is 35.1 Å². The molecule has 0 amide bonds. The zero-order chi connectivity index (χ0) is 12.4. The maximum Gasteiger partial charge on any atom is 0.134 e. The minimum atomic E-state index is -0.467. The first kappa shape index (κ1) is 10.2. The fraction of sp³-hybridized carbons (Fsp3) is 0.333. The maximum absolute atomic E-state index is 13.9. The summed E-state index contributed by atoms with van der Waals surface area (Å²) in [6.07, 6.45) is 3.07. The summed E-state index contributed by atoms with van der Waals surface area (Å²) in [6, 6.07) is 4.55. The van der Waals surface area contributed by atoms with Crippen molar-refractivity contribution in [1.29, 1.82) is 0 Å². The summed E-state index contributed by atoms with van der Waals surface area (Å²) < 4.78 is 13.9. The molecule has 2 bridgehead atoms. The average molecular weight is 244 g/mol. The van der Waals surface area contributed by atoms with E-state index in [-0.39, 0.29) is 16.9 Å². The van der Waals surface area contributed by atoms with Crippen molar-refractivity contribution in [2.75, 3.05) is 0 Å². The number of halogens is 1. The second-order valence-electron chi connectivity index (χ2n) is 5.39. The van der Waals surface area contributed by atoms with E-state index in [9.17, 15) is 14.6 Å². The van der Waals surface area contributed by atoms with Crippen molar-refractivity contribution in [3.63, 3.8) is 0 Å². The second kappa shape index (κ2) is 3.16. The zero-order valence-corrected chi connectivity index (χ0v) is 9.78. The highest BCUT2D eigenvalue weighted by molar-refractivity contribution is 5.97. The quantitative estimate of drug-likeness (QED) is 0.693. The first-order valence-corrected chi connectivity index (χ1v) is 6.34. The Morgan fingerprint density at radius 3 is 2.39 bits per heavy atom. The molecule has 2 unspecified atom stereocenters. The van der Waals surface area contributed by atoms with Crippen LogP contribution in [0.3, 0.4) is 0 Å². The number of rotatable bonds is 0. The highest BCUT2D eigenvalue weighted by Crippen LogP contribution is 2.60. The van der Waals surface area contributed by atoms with E-state index in [0.717, 1.165) is 30.4 Å². The summed E-state index contributed by atoms with van der Waals surface area (Å²) in [6.45, 7) is 0. The van der Waals surface area contributed by atoms with Gasteiger partial charge >= 0.3 is 0 Å². The molecule has 0 spiro atoms. The van der Waals surface area contributed by atoms with Crippen LogP contribution in [-0.2, 0) is 0 Å². The van der Waals surface area contributed by atoms with Crippen molar-refractivity contribution in [2.24, 2.45) is 0 Å². The summed E-state index contributed by atoms with van der Waals surface area (Å²) in [7, 11) is 0. The second-order valence-corrected chi connectivity index (χ2v) is 5.39. The lowest BCUT2D eigenvalue weighted by molar-refractivity contribution is 0.449. The van der Waals surface area contributed by atoms with Gasteiger partial charge in [0.25, 0.3) is 0 Å². The Morgan fingerprint density at radius 2 is 1.67 bits per heavy atom. The van der Waals surface area contributed by atoms with E-state index in [1.54, 1.807) is 12.1 Å². The summed E-state index contributed by atoms with van der Waals surface area (Å²) in [5.74, 6) is 0.377. The molecule has 3 heteroatoms. The first-order chi connectivity index (χ1) is 8.68. The molecule has 0 heterocycles. The Labute approximate surface area is 104 Å². The van der Waals surface area contributed by atoms with Crippen molar-refractivity contribution < 1.29 is 14.6 Å². The molecule has 2 aliphatic carbocycles. The molecule has 0 aliphatic heterocycles. The van der Waals surface area contributed by atoms with Gasteiger partial charge in [-0.25, -0.2) is 4.39 Å². The molecule has 18 heavy (non-hydrogen) atoms. The fourth-order valence-electron chi connectivity index (χ4n) is 3.83. The standard InChI is InChI=1S/C15H13FO2/c16-10-3-1-2-9-13(10)15(18)12-8-5-4-7(6-8)11(12)14(9)17/h1-3,7-8,17-18H,4-6H2. The van der Waals surface area contributed by atoms with Crippen molar-refractivity contribution >= 4 is 10.8 Å². The molecule has 92 valence electrons. The molecule has 4 rings (SSSR count). The Bertz CT molecular complexity index is 678. The zero-order valence-electron chi connectivity index (χ0n) is 9.78. The van der Waals surface area contributed by atoms with Crippen LogP contribution in [0.25, 0.3) is 10.8 Å². The van der Waals surface area contributed by atoms with Crippen molar-refractivity contribution in [3.8, 4) is 11.5 Å². The summed E-state index contributed by atoms with van der Waals surface area (Å²) in [5, 5.41) is 21.3. The molecular formula is C15H13FO2. The fourth-order valence-corrected chi connectivity index (χ4v) is 3.83. The smallest absolute Gasteiger partial charge is 0.134 e. The first-order valence-electron chi connectivity index (χ1n) is 6.34. The molecule has 1 saturated carbocycles. The largest absolute Gasteiger partial charge is 0.507 e. The minimum absolute atomic E-state index is 0.0445. The van der Waals surface area contributed by atoms with Crippen LogP contribution >= 0.6 is 0 Å². The molecule has 2 nitrogen and oxygen atoms in total. The van der Waals surface area contributed by atoms with Gasteiger partial charge < -0.3 is 10.2 Å². The molecule has 1 fully saturated rings. The van der Waals surface area contributed by atoms with E-state index in [4.69, 9.17) is 0 Å². The van der Waals surface area contributed by atoms with E-state index in [1.807, 2.05) is 0 Å². The molecule has 0 saturated heterocycles. The van der Waals surface area contributed by atoms with E-state index >= 15 is 0 Å². The molecule has 2 atom stereocenters. The highest BCUT2D eigenvalue weighted by Gasteiger charge is 2.42. The van der Waals surface area contributed by atoms with E-state index in [1.165, 1.54) is 6.07 Å². The lowest BCUT2D eigenvalue weighted by Gasteiger charge is -2.20. The molecule has 0 aromatic heterocycles. The Morgan fingerprint density at radius 1 is 1.00 bits per heavy atom. The van der Waals surface area contributed by atoms with Gasteiger partial charge in [-0.1, -0.05) is 12.1 Å². The lowest BCUT2D eigenvalue weighted by atomic mass is 9.87. The average Bonchev–Trinajstić information content (AvgIpc) is 2.96. The molecule has 2 aromatic rings. The predicted octanol–water partition coefficient (Wildman–Crippen LogP) is 3.75. The van der Waals surface area contributed by atoms with Gasteiger partial charge in [-0.05, 0) is 37.2 Å². The number of hydrogen-bond donors (Lipinski definition) is 2. The number of aromatic hydroxyl groups is 2. The van der Waals surface area contributed by atoms with Crippen LogP contribution in [0, 0.1) is 5.82 Å². The summed E-state index contributed by atoms with van der Waals surface area (Å²) >= 11 is 0. The number of phenolic OH excluding ortho intramolecular Hbond substituents is 2. The van der Waals surface area contributed by atoms with Gasteiger partial charge in [0.2, 0.25) is 0 Å². The molecule has 2 aromatic carbocycles. The number of phenols is 2. The van der Waals surface area contributed by atoms with Gasteiger partial charge in [-0.2, -0.15) is 0 Å². The monoisotopic (exact) mass is 244 g/mol. The van der Waals surface area contributed by atoms with Crippen LogP contribution in [0.15, 0.2) is 18.2 Å². The van der Waals surface area contributed by atoms with Crippen molar-refractivity contribution in [1.82, 2.24) is 0 Å². The third kappa shape index (κ3) is 1.03. The third-order valence-corrected chi connectivity index (χ3v) is 4.56. The Balaban J connectivity index is 2.20. The van der Waals surface area contributed by atoms with Crippen LogP contribution < -0.4 is 0 Å². The number of fused-ring (bicyclic) bond motifs is 6. The van der Waals surface area contributed by atoms with Gasteiger partial charge in [-0.3, -0.25) is 0 Å². The van der Waals surface area contributed by atoms with Crippen LogP contribution in [0.4, 0.5) is 4.39 Å². The van der Waals surface area contributed by atoms with Gasteiger partial charge in [0, 0.05) is 16.5 Å². The van der Waals surface area contributed by atoms with E-state index < -0.39 is 5.82 Å². The van der Waals surface area contributed by atoms with Gasteiger partial charge in [0.05, 0.1) is 5.39 Å². The van der Waals surface area contributed by atoms with Crippen LogP contribution in [0.2, 0.25) is 0 Å². The Hall–Kier alpha value is -1.77. The number of hydrogen-bond acceptors (Lipinski definition) is 2. The maximum atomic E-state index is 13.9. The van der Waals surface area contributed by atoms with Crippen LogP contribution in [0.1, 0.15) is 42.2 Å². The SMILES string of the molecule is Oc1c2c(c(O)c3c(F)cccc13)C1CCC2C1. The van der Waals surface area contributed by atoms with Crippen LogP contribution in [-0.4, -0.2) is 10.2 Å².